The highest BCUT2D eigenvalue weighted by Gasteiger charge is 2.32. The lowest BCUT2D eigenvalue weighted by Gasteiger charge is -2.34. The van der Waals surface area contributed by atoms with E-state index in [4.69, 9.17) is 0 Å². The second-order valence-corrected chi connectivity index (χ2v) is 10.5. The summed E-state index contributed by atoms with van der Waals surface area (Å²) in [5.41, 5.74) is 18.8. The van der Waals surface area contributed by atoms with Crippen molar-refractivity contribution in [1.29, 1.82) is 0 Å². The van der Waals surface area contributed by atoms with Gasteiger partial charge < -0.3 is 0 Å². The Morgan fingerprint density at radius 3 is 1.16 bits per heavy atom. The zero-order valence-electron chi connectivity index (χ0n) is 18.7. The lowest BCUT2D eigenvalue weighted by Crippen LogP contribution is -2.24. The highest BCUT2D eigenvalue weighted by molar-refractivity contribution is 6.09. The Morgan fingerprint density at radius 1 is 0.387 bits per heavy atom. The maximum absolute atomic E-state index is 13.8. The van der Waals surface area contributed by atoms with Gasteiger partial charge in [0.25, 0.3) is 0 Å². The Balaban J connectivity index is 1.75. The molecule has 6 aliphatic carbocycles. The van der Waals surface area contributed by atoms with E-state index in [0.717, 1.165) is 18.4 Å². The van der Waals surface area contributed by atoms with Crippen LogP contribution in [-0.2, 0) is 64.2 Å². The molecule has 6 aliphatic rings. The maximum atomic E-state index is 13.8. The molecule has 12 bridgehead atoms. The number of hydrogen-bond acceptors (Lipinski definition) is 1. The van der Waals surface area contributed by atoms with Crippen molar-refractivity contribution >= 4 is 11.9 Å². The second kappa shape index (κ2) is 6.92. The first-order valence-corrected chi connectivity index (χ1v) is 12.9. The van der Waals surface area contributed by atoms with E-state index in [2.05, 4.69) is 6.08 Å². The van der Waals surface area contributed by atoms with Gasteiger partial charge >= 0.3 is 0 Å². The average molecular weight is 409 g/mol. The normalized spacial score (nSPS) is 21.9. The minimum Gasteiger partial charge on any atom is -0.289 e. The molecule has 0 saturated carbocycles. The van der Waals surface area contributed by atoms with E-state index in [-0.39, 0.29) is 0 Å². The van der Waals surface area contributed by atoms with Crippen LogP contribution in [0.15, 0.2) is 6.08 Å². The molecule has 0 spiro atoms. The van der Waals surface area contributed by atoms with Crippen molar-refractivity contribution in [3.8, 4) is 0 Å². The van der Waals surface area contributed by atoms with Crippen LogP contribution in [0.3, 0.4) is 0 Å². The first-order valence-electron chi connectivity index (χ1n) is 12.9. The molecule has 158 valence electrons. The molecule has 31 heavy (non-hydrogen) atoms. The molecule has 0 heterocycles. The zero-order valence-corrected chi connectivity index (χ0v) is 18.7. The smallest absolute Gasteiger partial charge is 0.186 e. The number of fused-ring (bicyclic) bond motifs is 11. The van der Waals surface area contributed by atoms with Crippen LogP contribution in [0.1, 0.15) is 104 Å². The Hall–Kier alpha value is -2.15. The van der Waals surface area contributed by atoms with Crippen LogP contribution >= 0.6 is 0 Å². The van der Waals surface area contributed by atoms with Gasteiger partial charge in [-0.1, -0.05) is 6.08 Å². The molecule has 2 aromatic rings. The fourth-order valence-electron chi connectivity index (χ4n) is 7.97. The van der Waals surface area contributed by atoms with Crippen LogP contribution in [0.25, 0.3) is 6.08 Å². The monoisotopic (exact) mass is 408 g/mol. The van der Waals surface area contributed by atoms with Gasteiger partial charge in [-0.3, -0.25) is 4.79 Å². The number of benzene rings is 2. The van der Waals surface area contributed by atoms with Gasteiger partial charge in [-0.2, -0.15) is 0 Å². The van der Waals surface area contributed by atoms with E-state index in [1.54, 1.807) is 44.5 Å². The highest BCUT2D eigenvalue weighted by Crippen LogP contribution is 2.43. The summed E-state index contributed by atoms with van der Waals surface area (Å²) in [4.78, 5) is 13.8. The van der Waals surface area contributed by atoms with Gasteiger partial charge in [0.1, 0.15) is 0 Å². The molecule has 8 rings (SSSR count). The number of carbonyl (C=O) groups excluding carboxylic acids is 1. The summed E-state index contributed by atoms with van der Waals surface area (Å²) < 4.78 is 0. The molecule has 1 heteroatoms. The van der Waals surface area contributed by atoms with Gasteiger partial charge in [0.15, 0.2) is 5.78 Å². The Labute approximate surface area is 186 Å². The molecule has 0 fully saturated rings. The first kappa shape index (κ1) is 18.4. The zero-order chi connectivity index (χ0) is 20.5. The van der Waals surface area contributed by atoms with Crippen LogP contribution in [0.5, 0.6) is 0 Å². The average Bonchev–Trinajstić information content (AvgIpc) is 2.78. The van der Waals surface area contributed by atoms with Crippen molar-refractivity contribution in [3.63, 3.8) is 0 Å². The fourth-order valence-corrected chi connectivity index (χ4v) is 7.97. The SMILES string of the molecule is O=C1/C=C\c2c3c4c5c6c2CCCc2c(c(c(c(c21)CCC3)CCC4)CCC5)CCC6. The summed E-state index contributed by atoms with van der Waals surface area (Å²) in [6, 6.07) is 0. The van der Waals surface area contributed by atoms with Gasteiger partial charge in [0.2, 0.25) is 0 Å². The molecule has 0 aromatic heterocycles. The van der Waals surface area contributed by atoms with Gasteiger partial charge in [-0.25, -0.2) is 0 Å². The number of ketones is 1. The minimum absolute atomic E-state index is 0.296. The van der Waals surface area contributed by atoms with Crippen molar-refractivity contribution in [1.82, 2.24) is 0 Å². The van der Waals surface area contributed by atoms with E-state index >= 15 is 0 Å². The van der Waals surface area contributed by atoms with Crippen molar-refractivity contribution in [2.75, 3.05) is 0 Å². The fraction of sp³-hybridized carbons (Fsp3) is 0.500. The maximum Gasteiger partial charge on any atom is 0.186 e. The molecular formula is C30H32O. The van der Waals surface area contributed by atoms with Crippen molar-refractivity contribution < 1.29 is 4.79 Å². The third-order valence-electron chi connectivity index (χ3n) is 9.08. The molecule has 0 N–H and O–H groups in total. The predicted molar refractivity (Wildman–Crippen MR) is 126 cm³/mol. The lowest BCUT2D eigenvalue weighted by atomic mass is 9.70. The van der Waals surface area contributed by atoms with Crippen LogP contribution in [0, 0.1) is 0 Å². The molecule has 1 nitrogen and oxygen atoms in total. The first-order chi connectivity index (χ1) is 15.3. The Kier molecular flexibility index (Phi) is 4.12. The quantitative estimate of drug-likeness (QED) is 0.520. The topological polar surface area (TPSA) is 17.1 Å². The molecule has 0 radical (unpaired) electrons. The van der Waals surface area contributed by atoms with E-state index in [1.165, 1.54) is 100 Å². The molecule has 0 saturated heterocycles. The van der Waals surface area contributed by atoms with Gasteiger partial charge in [0, 0.05) is 5.56 Å². The summed E-state index contributed by atoms with van der Waals surface area (Å²) in [5.74, 6) is 0.296. The van der Waals surface area contributed by atoms with Gasteiger partial charge in [0.05, 0.1) is 0 Å². The Morgan fingerprint density at radius 2 is 0.710 bits per heavy atom. The number of allylic oxidation sites excluding steroid dienone is 1. The summed E-state index contributed by atoms with van der Waals surface area (Å²) in [7, 11) is 0. The largest absolute Gasteiger partial charge is 0.289 e. The van der Waals surface area contributed by atoms with E-state index < -0.39 is 0 Å². The predicted octanol–water partition coefficient (Wildman–Crippen LogP) is 6.03. The lowest BCUT2D eigenvalue weighted by molar-refractivity contribution is 0.104. The summed E-state index contributed by atoms with van der Waals surface area (Å²) in [6.07, 6.45) is 22.2. The van der Waals surface area contributed by atoms with Crippen molar-refractivity contribution in [3.05, 3.63) is 72.8 Å². The van der Waals surface area contributed by atoms with E-state index in [1.807, 2.05) is 6.08 Å². The molecule has 0 unspecified atom stereocenters. The number of carbonyl (C=O) groups is 1. The molecule has 2 aromatic carbocycles. The van der Waals surface area contributed by atoms with Crippen LogP contribution in [0.2, 0.25) is 0 Å². The van der Waals surface area contributed by atoms with Crippen LogP contribution in [-0.4, -0.2) is 5.78 Å². The third-order valence-corrected chi connectivity index (χ3v) is 9.08. The minimum atomic E-state index is 0.296. The number of rotatable bonds is 0. The van der Waals surface area contributed by atoms with E-state index in [9.17, 15) is 4.79 Å². The number of hydrogen-bond donors (Lipinski definition) is 0. The van der Waals surface area contributed by atoms with Gasteiger partial charge in [-0.15, -0.1) is 0 Å². The standard InChI is InChI=1S/C30H32O/c31-29-17-16-26-21-10-4-14-27-24-12-2-7-19(21)18-6-1-9-23(24)25-13-3-8-20(18)22(26)11-5-15-28(25)30(27)29/h16-17H,1-15H2/b17-16-. The highest BCUT2D eigenvalue weighted by atomic mass is 16.1. The van der Waals surface area contributed by atoms with E-state index in [0.29, 0.717) is 5.78 Å². The Bertz CT molecular complexity index is 1110. The van der Waals surface area contributed by atoms with Crippen LogP contribution in [0.4, 0.5) is 0 Å². The third kappa shape index (κ3) is 2.58. The molecule has 0 aliphatic heterocycles. The summed E-state index contributed by atoms with van der Waals surface area (Å²) in [6.45, 7) is 0. The summed E-state index contributed by atoms with van der Waals surface area (Å²) >= 11 is 0. The molecule has 0 amide bonds. The van der Waals surface area contributed by atoms with Crippen molar-refractivity contribution in [2.45, 2.75) is 96.3 Å². The van der Waals surface area contributed by atoms with Gasteiger partial charge in [-0.05, 0) is 164 Å². The summed E-state index contributed by atoms with van der Waals surface area (Å²) in [5, 5.41) is 0. The van der Waals surface area contributed by atoms with Crippen LogP contribution < -0.4 is 0 Å². The molecular weight excluding hydrogens is 376 g/mol. The second-order valence-electron chi connectivity index (χ2n) is 10.5. The van der Waals surface area contributed by atoms with Crippen molar-refractivity contribution in [2.24, 2.45) is 0 Å². The molecule has 0 atom stereocenters.